The van der Waals surface area contributed by atoms with Crippen LogP contribution in [0.25, 0.3) is 0 Å². The molecule has 0 spiro atoms. The standard InChI is InChI=1S/C14H14FNO/c1-10-3-2-4-11(7-10)9-17-14-8-12(15)5-6-13(14)16/h2-8H,9,16H2,1H3. The summed E-state index contributed by atoms with van der Waals surface area (Å²) in [5, 5.41) is 0. The molecule has 0 amide bonds. The molecule has 0 bridgehead atoms. The molecule has 0 fully saturated rings. The third kappa shape index (κ3) is 2.97. The molecule has 2 N–H and O–H groups in total. The van der Waals surface area contributed by atoms with Crippen molar-refractivity contribution in [2.45, 2.75) is 13.5 Å². The van der Waals surface area contributed by atoms with Crippen molar-refractivity contribution >= 4 is 5.69 Å². The van der Waals surface area contributed by atoms with E-state index in [1.54, 1.807) is 0 Å². The monoisotopic (exact) mass is 231 g/mol. The van der Waals surface area contributed by atoms with Gasteiger partial charge in [-0.1, -0.05) is 29.8 Å². The SMILES string of the molecule is Cc1cccc(COc2cc(F)ccc2N)c1. The van der Waals surface area contributed by atoms with Gasteiger partial charge in [-0.05, 0) is 24.6 Å². The molecule has 88 valence electrons. The van der Waals surface area contributed by atoms with Crippen molar-refractivity contribution in [3.8, 4) is 5.75 Å². The summed E-state index contributed by atoms with van der Waals surface area (Å²) in [6.07, 6.45) is 0. The maximum atomic E-state index is 13.0. The van der Waals surface area contributed by atoms with Crippen LogP contribution in [0.5, 0.6) is 5.75 Å². The molecule has 2 aromatic rings. The summed E-state index contributed by atoms with van der Waals surface area (Å²) in [7, 11) is 0. The number of ether oxygens (including phenoxy) is 1. The van der Waals surface area contributed by atoms with Gasteiger partial charge in [0.1, 0.15) is 18.2 Å². The van der Waals surface area contributed by atoms with Crippen LogP contribution in [0.2, 0.25) is 0 Å². The average Bonchev–Trinajstić information content (AvgIpc) is 2.30. The van der Waals surface area contributed by atoms with Crippen molar-refractivity contribution in [3.63, 3.8) is 0 Å². The van der Waals surface area contributed by atoms with Crippen LogP contribution >= 0.6 is 0 Å². The second kappa shape index (κ2) is 4.87. The van der Waals surface area contributed by atoms with Crippen molar-refractivity contribution < 1.29 is 9.13 Å². The summed E-state index contributed by atoms with van der Waals surface area (Å²) in [6, 6.07) is 12.1. The van der Waals surface area contributed by atoms with Crippen LogP contribution in [0.1, 0.15) is 11.1 Å². The number of aryl methyl sites for hydroxylation is 1. The number of nitrogens with two attached hydrogens (primary N) is 1. The van der Waals surface area contributed by atoms with Crippen molar-refractivity contribution in [3.05, 3.63) is 59.4 Å². The van der Waals surface area contributed by atoms with Crippen LogP contribution in [-0.2, 0) is 6.61 Å². The predicted octanol–water partition coefficient (Wildman–Crippen LogP) is 3.30. The molecule has 2 aromatic carbocycles. The van der Waals surface area contributed by atoms with E-state index in [2.05, 4.69) is 0 Å². The van der Waals surface area contributed by atoms with Crippen LogP contribution in [-0.4, -0.2) is 0 Å². The Morgan fingerprint density at radius 1 is 1.18 bits per heavy atom. The Labute approximate surface area is 99.8 Å². The summed E-state index contributed by atoms with van der Waals surface area (Å²) in [5.74, 6) is 0.0324. The molecule has 2 rings (SSSR count). The largest absolute Gasteiger partial charge is 0.487 e. The second-order valence-corrected chi connectivity index (χ2v) is 3.96. The highest BCUT2D eigenvalue weighted by Gasteiger charge is 2.02. The summed E-state index contributed by atoms with van der Waals surface area (Å²) in [6.45, 7) is 2.40. The molecule has 2 nitrogen and oxygen atoms in total. The molecule has 3 heteroatoms. The van der Waals surface area contributed by atoms with E-state index >= 15 is 0 Å². The highest BCUT2D eigenvalue weighted by molar-refractivity contribution is 5.52. The smallest absolute Gasteiger partial charge is 0.145 e. The molecular formula is C14H14FNO. The zero-order valence-corrected chi connectivity index (χ0v) is 9.61. The van der Waals surface area contributed by atoms with Gasteiger partial charge in [0.05, 0.1) is 5.69 Å². The highest BCUT2D eigenvalue weighted by atomic mass is 19.1. The number of halogens is 1. The Hall–Kier alpha value is -2.03. The molecule has 0 saturated heterocycles. The predicted molar refractivity (Wildman–Crippen MR) is 66.3 cm³/mol. The minimum atomic E-state index is -0.349. The van der Waals surface area contributed by atoms with Crippen LogP contribution in [0.3, 0.4) is 0 Å². The Kier molecular flexibility index (Phi) is 3.28. The van der Waals surface area contributed by atoms with Gasteiger partial charge in [0.25, 0.3) is 0 Å². The summed E-state index contributed by atoms with van der Waals surface area (Å²) >= 11 is 0. The zero-order valence-electron chi connectivity index (χ0n) is 9.61. The first-order chi connectivity index (χ1) is 8.15. The maximum absolute atomic E-state index is 13.0. The fraction of sp³-hybridized carbons (Fsp3) is 0.143. The summed E-state index contributed by atoms with van der Waals surface area (Å²) < 4.78 is 18.5. The minimum Gasteiger partial charge on any atom is -0.487 e. The quantitative estimate of drug-likeness (QED) is 0.822. The molecule has 0 unspecified atom stereocenters. The highest BCUT2D eigenvalue weighted by Crippen LogP contribution is 2.23. The van der Waals surface area contributed by atoms with Crippen molar-refractivity contribution in [2.75, 3.05) is 5.73 Å². The van der Waals surface area contributed by atoms with Crippen molar-refractivity contribution in [2.24, 2.45) is 0 Å². The Morgan fingerprint density at radius 2 is 2.00 bits per heavy atom. The van der Waals surface area contributed by atoms with Gasteiger partial charge in [-0.25, -0.2) is 4.39 Å². The summed E-state index contributed by atoms with van der Waals surface area (Å²) in [5.41, 5.74) is 8.34. The second-order valence-electron chi connectivity index (χ2n) is 3.96. The lowest BCUT2D eigenvalue weighted by molar-refractivity contribution is 0.306. The van der Waals surface area contributed by atoms with Gasteiger partial charge in [0, 0.05) is 6.07 Å². The molecule has 0 aliphatic carbocycles. The fourth-order valence-electron chi connectivity index (χ4n) is 1.60. The Balaban J connectivity index is 2.09. The Bertz CT molecular complexity index is 525. The third-order valence-electron chi connectivity index (χ3n) is 2.45. The topological polar surface area (TPSA) is 35.2 Å². The van der Waals surface area contributed by atoms with Gasteiger partial charge in [-0.3, -0.25) is 0 Å². The van der Waals surface area contributed by atoms with Gasteiger partial charge in [0.2, 0.25) is 0 Å². The third-order valence-corrected chi connectivity index (χ3v) is 2.45. The van der Waals surface area contributed by atoms with Gasteiger partial charge in [-0.15, -0.1) is 0 Å². The van der Waals surface area contributed by atoms with E-state index in [4.69, 9.17) is 10.5 Å². The van der Waals surface area contributed by atoms with Crippen LogP contribution < -0.4 is 10.5 Å². The van der Waals surface area contributed by atoms with E-state index in [-0.39, 0.29) is 5.82 Å². The number of rotatable bonds is 3. The normalized spacial score (nSPS) is 10.2. The number of hydrogen-bond acceptors (Lipinski definition) is 2. The van der Waals surface area contributed by atoms with Gasteiger partial charge in [-0.2, -0.15) is 0 Å². The lowest BCUT2D eigenvalue weighted by Crippen LogP contribution is -1.99. The molecule has 17 heavy (non-hydrogen) atoms. The number of anilines is 1. The number of hydrogen-bond donors (Lipinski definition) is 1. The zero-order chi connectivity index (χ0) is 12.3. The van der Waals surface area contributed by atoms with E-state index in [1.165, 1.54) is 23.8 Å². The molecule has 0 aromatic heterocycles. The lowest BCUT2D eigenvalue weighted by atomic mass is 10.1. The minimum absolute atomic E-state index is 0.349. The summed E-state index contributed by atoms with van der Waals surface area (Å²) in [4.78, 5) is 0. The Morgan fingerprint density at radius 3 is 2.76 bits per heavy atom. The molecule has 0 saturated carbocycles. The fourth-order valence-corrected chi connectivity index (χ4v) is 1.60. The van der Waals surface area contributed by atoms with E-state index in [0.29, 0.717) is 18.0 Å². The van der Waals surface area contributed by atoms with Crippen molar-refractivity contribution in [1.29, 1.82) is 0 Å². The van der Waals surface area contributed by atoms with Crippen LogP contribution in [0, 0.1) is 12.7 Å². The molecular weight excluding hydrogens is 217 g/mol. The molecule has 0 atom stereocenters. The number of nitrogen functional groups attached to an aromatic ring is 1. The number of benzene rings is 2. The molecule has 0 radical (unpaired) electrons. The average molecular weight is 231 g/mol. The van der Waals surface area contributed by atoms with Gasteiger partial charge < -0.3 is 10.5 Å². The maximum Gasteiger partial charge on any atom is 0.145 e. The first-order valence-corrected chi connectivity index (χ1v) is 5.38. The van der Waals surface area contributed by atoms with E-state index in [0.717, 1.165) is 5.56 Å². The first-order valence-electron chi connectivity index (χ1n) is 5.38. The molecule has 0 aliphatic rings. The first kappa shape index (κ1) is 11.5. The van der Waals surface area contributed by atoms with Gasteiger partial charge >= 0.3 is 0 Å². The van der Waals surface area contributed by atoms with Crippen LogP contribution in [0.4, 0.5) is 10.1 Å². The van der Waals surface area contributed by atoms with E-state index < -0.39 is 0 Å². The van der Waals surface area contributed by atoms with Crippen LogP contribution in [0.15, 0.2) is 42.5 Å². The van der Waals surface area contributed by atoms with E-state index in [9.17, 15) is 4.39 Å². The van der Waals surface area contributed by atoms with Crippen molar-refractivity contribution in [1.82, 2.24) is 0 Å². The molecule has 0 aliphatic heterocycles. The van der Waals surface area contributed by atoms with Gasteiger partial charge in [0.15, 0.2) is 0 Å². The molecule has 0 heterocycles. The lowest BCUT2D eigenvalue weighted by Gasteiger charge is -2.09. The van der Waals surface area contributed by atoms with E-state index in [1.807, 2.05) is 31.2 Å².